The summed E-state index contributed by atoms with van der Waals surface area (Å²) < 4.78 is 125. The molecule has 126 heavy (non-hydrogen) atoms. The zero-order valence-corrected chi connectivity index (χ0v) is 71.3. The van der Waals surface area contributed by atoms with Crippen molar-refractivity contribution in [2.24, 2.45) is 11.5 Å². The molecule has 14 rings (SSSR count). The molecule has 4 aliphatic rings. The maximum Gasteiger partial charge on any atom is 0.358 e. The Labute approximate surface area is 734 Å². The number of nitrogens with zero attached hydrogens (tertiary/aromatic N) is 17. The highest BCUT2D eigenvalue weighted by Crippen LogP contribution is 2.38. The van der Waals surface area contributed by atoms with Crippen LogP contribution in [0.5, 0.6) is 0 Å². The lowest BCUT2D eigenvalue weighted by Crippen LogP contribution is -2.32. The lowest BCUT2D eigenvalue weighted by Gasteiger charge is -2.29. The number of aliphatic hydroxyl groups is 2. The molecule has 0 unspecified atom stereocenters. The predicted molar refractivity (Wildman–Crippen MR) is 448 cm³/mol. The first-order valence-electron chi connectivity index (χ1n) is 40.0. The van der Waals surface area contributed by atoms with E-state index in [2.05, 4.69) is 76.2 Å². The van der Waals surface area contributed by atoms with Gasteiger partial charge in [0.25, 0.3) is 0 Å². The molecule has 4 fully saturated rings. The molecule has 0 radical (unpaired) electrons. The number of aliphatic hydroxyl groups excluding tert-OH is 2. The van der Waals surface area contributed by atoms with Gasteiger partial charge in [-0.05, 0) is 175 Å². The van der Waals surface area contributed by atoms with Crippen LogP contribution in [0, 0.1) is 34.0 Å². The topological polar surface area (TPSA) is 460 Å². The van der Waals surface area contributed by atoms with Crippen LogP contribution in [-0.2, 0) is 45.2 Å². The molecule has 10 aromatic rings. The average molecular weight is 1820 g/mol. The Bertz CT molecular complexity index is 5310. The predicted octanol–water partition coefficient (Wildman–Crippen LogP) is 15.1. The van der Waals surface area contributed by atoms with Crippen LogP contribution >= 0.6 is 34.8 Å². The van der Waals surface area contributed by atoms with Crippen LogP contribution in [0.15, 0.2) is 122 Å². The minimum Gasteiger partial charge on any atom is -0.461 e. The van der Waals surface area contributed by atoms with Crippen LogP contribution in [0.25, 0.3) is 23.3 Å². The average Bonchev–Trinajstić information content (AvgIpc) is 1.31. The van der Waals surface area contributed by atoms with Gasteiger partial charge in [-0.1, -0.05) is 34.8 Å². The SMILES string of the molecule is CC(=O)CCc1cc(NC2CCC(F)(F)CC2)nc(-n2ccc(CO)n2)c1.CCOC(=O)c1ccn(-c2cc(C#N)cc(Cl)n2)n1.CCOC(=O)c1ccn(-c2cc(C#N)cc(NC3CCC(F)(F)CC3)n2)n1.CCOC(=O)c1ccn[nH]1.N#Cc1cc(Cl)nc(Cl)c1.NC1CCC(F)(F)CC1.NCc1cc(NC2CCC(F)(F)CC2)nc(-n2ccc(CO)n2)c1. The molecule has 0 spiro atoms. The lowest BCUT2D eigenvalue weighted by molar-refractivity contribution is -0.117. The van der Waals surface area contributed by atoms with Gasteiger partial charge in [-0.25, -0.2) is 93.2 Å². The third kappa shape index (κ3) is 32.8. The number of hydrogen-bond donors (Lipinski definition) is 8. The maximum atomic E-state index is 13.4. The number of ether oxygens (including phenoxy) is 3. The quantitative estimate of drug-likeness (QED) is 0.0135. The number of alkyl halides is 8. The van der Waals surface area contributed by atoms with Crippen LogP contribution in [0.1, 0.15) is 208 Å². The smallest absolute Gasteiger partial charge is 0.358 e. The van der Waals surface area contributed by atoms with Gasteiger partial charge in [0.1, 0.15) is 44.4 Å². The van der Waals surface area contributed by atoms with Crippen molar-refractivity contribution in [1.29, 1.82) is 15.8 Å². The maximum absolute atomic E-state index is 13.4. The fraction of sp³-hybridized carbons (Fsp3) is 0.434. The van der Waals surface area contributed by atoms with Crippen LogP contribution < -0.4 is 27.4 Å². The van der Waals surface area contributed by atoms with E-state index < -0.39 is 35.6 Å². The number of nitrogens with one attached hydrogen (secondary N) is 4. The van der Waals surface area contributed by atoms with E-state index >= 15 is 0 Å². The first-order chi connectivity index (χ1) is 60.0. The second kappa shape index (κ2) is 47.8. The molecule has 32 nitrogen and oxygen atoms in total. The van der Waals surface area contributed by atoms with Crippen molar-refractivity contribution in [2.75, 3.05) is 35.8 Å². The van der Waals surface area contributed by atoms with Gasteiger partial charge >= 0.3 is 17.9 Å². The lowest BCUT2D eigenvalue weighted by atomic mass is 9.92. The normalized spacial score (nSPS) is 15.6. The van der Waals surface area contributed by atoms with Crippen LogP contribution in [0.4, 0.5) is 52.6 Å². The molecule has 0 aromatic carbocycles. The number of rotatable bonds is 22. The van der Waals surface area contributed by atoms with Crippen molar-refractivity contribution >= 4 is 75.9 Å². The number of pyridine rings is 5. The number of esters is 3. The van der Waals surface area contributed by atoms with E-state index in [4.69, 9.17) is 71.4 Å². The third-order valence-corrected chi connectivity index (χ3v) is 19.7. The van der Waals surface area contributed by atoms with Crippen molar-refractivity contribution in [1.82, 2.24) is 74.2 Å². The van der Waals surface area contributed by atoms with E-state index in [1.54, 1.807) is 86.1 Å². The summed E-state index contributed by atoms with van der Waals surface area (Å²) in [5.41, 5.74) is 15.8. The van der Waals surface area contributed by atoms with Crippen LogP contribution in [0.3, 0.4) is 0 Å². The van der Waals surface area contributed by atoms with Gasteiger partial charge in [0.2, 0.25) is 23.7 Å². The summed E-state index contributed by atoms with van der Waals surface area (Å²) in [6.45, 7) is 7.64. The fourth-order valence-electron chi connectivity index (χ4n) is 12.6. The molecule has 672 valence electrons. The number of H-pyrrole nitrogens is 1. The standard InChI is InChI=1S/C19H24F2N4O2.C18H19F2N5O2.C16H21F2N5O.C12H9ClN4O2.C6H2Cl2N2.C6H11F2N.C6H8N2O2/c1-13(27)2-3-14-10-17(22-15-4-7-19(20,21)8-5-15)23-18(11-14)25-9-6-16(12-26)24-25;1-2-27-17(26)14-5-8-25(24-14)16-10-12(11-21)9-15(23-16)22-13-3-6-18(19,20)7-4-13;17-16(18)4-1-12(2-5-16)20-14-7-11(9-19)8-15(21-14)23-6-3-13(10-24)22-23;1-2-19-12(18)9-3-4-17(16-9)11-6-8(7-14)5-10(13)15-11;7-5-1-4(3-9)2-6(8)10-5;7-6(8)3-1-5(9)2-4-6;1-2-10-6(9)5-3-4-7-8-5/h6,9-11,15,26H,2-5,7-8,12H2,1H3,(H,22,23);5,8-10,13H,2-4,6-7H2,1H3,(H,22,23);3,6-8,12,24H,1-2,4-5,9-10,19H2,(H,20,21);3-6H,2H2,1H3;1-2H;5H,1-4,9H2;3-4H,2H2,1H3,(H,7,8). The van der Waals surface area contributed by atoms with Crippen molar-refractivity contribution in [2.45, 2.75) is 211 Å². The van der Waals surface area contributed by atoms with Crippen LogP contribution in [-0.4, -0.2) is 176 Å². The minimum atomic E-state index is -2.61. The molecule has 0 saturated heterocycles. The first kappa shape index (κ1) is 99.3. The zero-order valence-electron chi connectivity index (χ0n) is 69.0. The van der Waals surface area contributed by atoms with Gasteiger partial charge in [-0.15, -0.1) is 0 Å². The number of Topliss-reactive ketones (excluding diaryl/α,β-unsaturated/α-hetero) is 1. The molecule has 10 heterocycles. The molecule has 4 saturated carbocycles. The number of aromatic amines is 1. The number of nitrogens with two attached hydrogens (primary N) is 2. The van der Waals surface area contributed by atoms with E-state index in [0.29, 0.717) is 152 Å². The van der Waals surface area contributed by atoms with Gasteiger partial charge in [0.05, 0.1) is 79.3 Å². The van der Waals surface area contributed by atoms with Gasteiger partial charge in [-0.2, -0.15) is 41.3 Å². The van der Waals surface area contributed by atoms with E-state index in [1.165, 1.54) is 58.0 Å². The molecular weight excluding hydrogens is 1720 g/mol. The molecule has 0 bridgehead atoms. The van der Waals surface area contributed by atoms with Gasteiger partial charge in [0.15, 0.2) is 34.7 Å². The van der Waals surface area contributed by atoms with Gasteiger partial charge < -0.3 is 56.6 Å². The highest BCUT2D eigenvalue weighted by Gasteiger charge is 2.38. The molecule has 0 atom stereocenters. The molecule has 43 heteroatoms. The highest BCUT2D eigenvalue weighted by atomic mass is 35.5. The Morgan fingerprint density at radius 1 is 0.484 bits per heavy atom. The summed E-state index contributed by atoms with van der Waals surface area (Å²) in [5, 5.41) is 77.8. The Kier molecular flexibility index (Phi) is 37.7. The summed E-state index contributed by atoms with van der Waals surface area (Å²) >= 11 is 16.8. The number of carbonyl (C=O) groups excluding carboxylic acids is 4. The van der Waals surface area contributed by atoms with Gasteiger partial charge in [0, 0.05) is 132 Å². The summed E-state index contributed by atoms with van der Waals surface area (Å²) in [6, 6.07) is 30.0. The number of aromatic nitrogens is 15. The highest BCUT2D eigenvalue weighted by molar-refractivity contribution is 6.32. The number of nitriles is 3. The second-order valence-corrected chi connectivity index (χ2v) is 30.2. The number of carbonyl (C=O) groups is 4. The monoisotopic (exact) mass is 1810 g/mol. The number of hydrogen-bond acceptors (Lipinski definition) is 27. The van der Waals surface area contributed by atoms with Crippen molar-refractivity contribution in [3.05, 3.63) is 194 Å². The number of ketones is 1. The Morgan fingerprint density at radius 3 is 1.21 bits per heavy atom. The molecule has 0 aliphatic heterocycles. The van der Waals surface area contributed by atoms with Crippen molar-refractivity contribution in [3.63, 3.8) is 0 Å². The number of anilines is 3. The second-order valence-electron chi connectivity index (χ2n) is 29.1. The first-order valence-corrected chi connectivity index (χ1v) is 41.1. The molecule has 10 aromatic heterocycles. The summed E-state index contributed by atoms with van der Waals surface area (Å²) in [6.07, 6.45) is 11.4. The number of aryl methyl sites for hydroxylation is 1. The number of halogens is 11. The van der Waals surface area contributed by atoms with Gasteiger partial charge in [-0.3, -0.25) is 5.10 Å². The van der Waals surface area contributed by atoms with Crippen molar-refractivity contribution < 1.29 is 78.7 Å². The fourth-order valence-corrected chi connectivity index (χ4v) is 13.2. The summed E-state index contributed by atoms with van der Waals surface area (Å²) in [7, 11) is 0. The Balaban J connectivity index is 0.000000189. The van der Waals surface area contributed by atoms with Crippen molar-refractivity contribution in [3.8, 4) is 41.5 Å². The van der Waals surface area contributed by atoms with E-state index in [-0.39, 0.29) is 141 Å². The van der Waals surface area contributed by atoms with Crippen LogP contribution in [0.2, 0.25) is 15.5 Å². The largest absolute Gasteiger partial charge is 0.461 e. The Hall–Kier alpha value is -12.1. The van der Waals surface area contributed by atoms with E-state index in [9.17, 15) is 64.7 Å². The minimum absolute atomic E-state index is 0.0182. The molecule has 4 aliphatic carbocycles. The Morgan fingerprint density at radius 2 is 0.833 bits per heavy atom. The molecule has 10 N–H and O–H groups in total. The van der Waals surface area contributed by atoms with E-state index in [1.807, 2.05) is 42.5 Å². The summed E-state index contributed by atoms with van der Waals surface area (Å²) in [5.74, 6) is -8.05. The van der Waals surface area contributed by atoms with E-state index in [0.717, 1.165) is 11.1 Å². The summed E-state index contributed by atoms with van der Waals surface area (Å²) in [4.78, 5) is 66.5. The molecule has 0 amide bonds. The molecular formula is C83H94Cl3F8N23O9. The third-order valence-electron chi connectivity index (χ3n) is 19.2. The zero-order chi connectivity index (χ0) is 91.7.